The number of hydrogen-bond donors (Lipinski definition) is 2. The molecular formula is C35H47F3N8OS. The maximum atomic E-state index is 13.1. The van der Waals surface area contributed by atoms with Crippen LogP contribution in [0.1, 0.15) is 54.2 Å². The van der Waals surface area contributed by atoms with Crippen LogP contribution in [0.5, 0.6) is 0 Å². The van der Waals surface area contributed by atoms with Gasteiger partial charge in [0.15, 0.2) is 0 Å². The van der Waals surface area contributed by atoms with Crippen LogP contribution in [-0.4, -0.2) is 99.2 Å². The third-order valence-corrected chi connectivity index (χ3v) is 11.1. The Hall–Kier alpha value is -3.26. The fourth-order valence-electron chi connectivity index (χ4n) is 7.27. The molecule has 2 saturated heterocycles. The zero-order valence-electron chi connectivity index (χ0n) is 28.4. The molecule has 2 fully saturated rings. The van der Waals surface area contributed by atoms with Gasteiger partial charge in [-0.2, -0.15) is 13.2 Å². The third-order valence-electron chi connectivity index (χ3n) is 10.0. The van der Waals surface area contributed by atoms with E-state index in [1.807, 2.05) is 6.92 Å². The van der Waals surface area contributed by atoms with Crippen LogP contribution in [0.3, 0.4) is 0 Å². The molecule has 5 heterocycles. The predicted octanol–water partition coefficient (Wildman–Crippen LogP) is 5.50. The molecule has 1 amide bonds. The van der Waals surface area contributed by atoms with Crippen molar-refractivity contribution in [1.29, 1.82) is 0 Å². The summed E-state index contributed by atoms with van der Waals surface area (Å²) in [6.07, 6.45) is -2.72. The predicted molar refractivity (Wildman–Crippen MR) is 187 cm³/mol. The van der Waals surface area contributed by atoms with Crippen LogP contribution >= 0.6 is 11.3 Å². The highest BCUT2D eigenvalue weighted by molar-refractivity contribution is 7.18. The fraction of sp³-hybridized carbons (Fsp3) is 0.571. The monoisotopic (exact) mass is 684 g/mol. The first kappa shape index (κ1) is 34.6. The highest BCUT2D eigenvalue weighted by atomic mass is 32.1. The number of nitrogens with zero attached hydrogens (tertiary/aromatic N) is 6. The molecule has 0 bridgehead atoms. The highest BCUT2D eigenvalue weighted by Gasteiger charge is 2.30. The van der Waals surface area contributed by atoms with E-state index in [0.717, 1.165) is 76.5 Å². The SMILES string of the molecule is CCc1nc(NC2CCN(Cc3ccc4c(cc(C)n4C[C@H](C)N4CCN(CC(N)=O)CC4)c3C)CC2)c2cc(CC(F)(F)F)sc2n1. The van der Waals surface area contributed by atoms with Gasteiger partial charge in [-0.1, -0.05) is 13.0 Å². The number of aryl methyl sites for hydroxylation is 3. The second-order valence-electron chi connectivity index (χ2n) is 13.6. The number of amides is 1. The van der Waals surface area contributed by atoms with Crippen LogP contribution in [0.15, 0.2) is 24.3 Å². The van der Waals surface area contributed by atoms with Crippen LogP contribution < -0.4 is 11.1 Å². The van der Waals surface area contributed by atoms with Crippen molar-refractivity contribution in [3.63, 3.8) is 0 Å². The minimum atomic E-state index is -4.25. The van der Waals surface area contributed by atoms with E-state index >= 15 is 0 Å². The number of fused-ring (bicyclic) bond motifs is 2. The van der Waals surface area contributed by atoms with E-state index < -0.39 is 12.6 Å². The first-order valence-corrected chi connectivity index (χ1v) is 17.9. The van der Waals surface area contributed by atoms with Crippen molar-refractivity contribution in [3.8, 4) is 0 Å². The van der Waals surface area contributed by atoms with Gasteiger partial charge in [0.25, 0.3) is 0 Å². The van der Waals surface area contributed by atoms with Crippen LogP contribution in [0.25, 0.3) is 21.1 Å². The van der Waals surface area contributed by atoms with Gasteiger partial charge >= 0.3 is 6.18 Å². The number of hydrogen-bond acceptors (Lipinski definition) is 8. The normalized spacial score (nSPS) is 18.2. The van der Waals surface area contributed by atoms with Crippen LogP contribution in [0.2, 0.25) is 0 Å². The van der Waals surface area contributed by atoms with Gasteiger partial charge in [-0.25, -0.2) is 9.97 Å². The average molecular weight is 685 g/mol. The standard InChI is InChI=1S/C35H47F3N8OS/c1-5-32-41-33(29-17-27(18-35(36,37)38)48-34(29)42-32)40-26-8-10-43(11-9-26)20-25-6-7-30-28(24(25)4)16-22(2)46(30)19-23(3)45-14-12-44(13-15-45)21-31(39)47/h6-7,16-17,23,26H,5,8-15,18-21H2,1-4H3,(H2,39,47)(H,40,41,42)/t23-/m0/s1. The van der Waals surface area contributed by atoms with E-state index in [0.29, 0.717) is 40.9 Å². The van der Waals surface area contributed by atoms with Crippen molar-refractivity contribution in [2.75, 3.05) is 51.1 Å². The summed E-state index contributed by atoms with van der Waals surface area (Å²) in [5.74, 6) is 1.03. The lowest BCUT2D eigenvalue weighted by molar-refractivity contribution is -0.126. The maximum Gasteiger partial charge on any atom is 0.393 e. The van der Waals surface area contributed by atoms with E-state index in [-0.39, 0.29) is 16.8 Å². The summed E-state index contributed by atoms with van der Waals surface area (Å²) in [5.41, 5.74) is 10.6. The summed E-state index contributed by atoms with van der Waals surface area (Å²) in [6.45, 7) is 16.2. The Kier molecular flexibility index (Phi) is 10.3. The van der Waals surface area contributed by atoms with Crippen molar-refractivity contribution in [1.82, 2.24) is 29.2 Å². The number of nitrogens with two attached hydrogens (primary N) is 1. The Bertz CT molecular complexity index is 1750. The molecule has 0 radical (unpaired) electrons. The zero-order valence-corrected chi connectivity index (χ0v) is 29.2. The van der Waals surface area contributed by atoms with Crippen molar-refractivity contribution in [2.45, 2.75) is 84.7 Å². The molecule has 3 aromatic heterocycles. The number of piperazine rings is 1. The summed E-state index contributed by atoms with van der Waals surface area (Å²) in [4.78, 5) is 28.5. The third kappa shape index (κ3) is 7.96. The summed E-state index contributed by atoms with van der Waals surface area (Å²) in [7, 11) is 0. The van der Waals surface area contributed by atoms with E-state index in [1.54, 1.807) is 6.07 Å². The van der Waals surface area contributed by atoms with E-state index in [1.165, 1.54) is 27.7 Å². The fourth-order valence-corrected chi connectivity index (χ4v) is 8.35. The number of likely N-dealkylation sites (tertiary alicyclic amines) is 1. The number of primary amides is 1. The number of benzene rings is 1. The molecule has 1 aromatic carbocycles. The molecule has 260 valence electrons. The molecule has 48 heavy (non-hydrogen) atoms. The zero-order chi connectivity index (χ0) is 34.2. The molecule has 0 saturated carbocycles. The van der Waals surface area contributed by atoms with Gasteiger partial charge in [0, 0.05) is 92.3 Å². The number of carbonyl (C=O) groups is 1. The average Bonchev–Trinajstić information content (AvgIpc) is 3.58. The number of rotatable bonds is 11. The number of anilines is 1. The van der Waals surface area contributed by atoms with E-state index in [4.69, 9.17) is 5.73 Å². The maximum absolute atomic E-state index is 13.1. The Labute approximate surface area is 284 Å². The lowest BCUT2D eigenvalue weighted by Gasteiger charge is -2.38. The number of alkyl halides is 3. The van der Waals surface area contributed by atoms with Gasteiger partial charge < -0.3 is 15.6 Å². The largest absolute Gasteiger partial charge is 0.393 e. The molecule has 1 atom stereocenters. The smallest absolute Gasteiger partial charge is 0.369 e. The van der Waals surface area contributed by atoms with E-state index in [9.17, 15) is 18.0 Å². The Balaban J connectivity index is 1.07. The molecule has 3 N–H and O–H groups in total. The van der Waals surface area contributed by atoms with E-state index in [2.05, 4.69) is 73.5 Å². The van der Waals surface area contributed by atoms with Gasteiger partial charge in [0.1, 0.15) is 16.5 Å². The summed E-state index contributed by atoms with van der Waals surface area (Å²) in [6, 6.07) is 9.05. The molecule has 2 aliphatic heterocycles. The number of carbonyl (C=O) groups excluding carboxylic acids is 1. The molecular weight excluding hydrogens is 638 g/mol. The minimum absolute atomic E-state index is 0.198. The Morgan fingerprint density at radius 2 is 1.77 bits per heavy atom. The molecule has 13 heteroatoms. The Morgan fingerprint density at radius 1 is 1.04 bits per heavy atom. The van der Waals surface area contributed by atoms with Crippen molar-refractivity contribution in [2.24, 2.45) is 5.73 Å². The summed E-state index contributed by atoms with van der Waals surface area (Å²) < 4.78 is 41.7. The molecule has 0 unspecified atom stereocenters. The second kappa shape index (κ2) is 14.3. The first-order chi connectivity index (χ1) is 22.9. The molecule has 6 rings (SSSR count). The number of aromatic nitrogens is 3. The minimum Gasteiger partial charge on any atom is -0.369 e. The van der Waals surface area contributed by atoms with Crippen LogP contribution in [-0.2, 0) is 30.7 Å². The summed E-state index contributed by atoms with van der Waals surface area (Å²) in [5, 5.41) is 5.56. The summed E-state index contributed by atoms with van der Waals surface area (Å²) >= 11 is 1.11. The van der Waals surface area contributed by atoms with Gasteiger partial charge in [-0.3, -0.25) is 19.5 Å². The van der Waals surface area contributed by atoms with Gasteiger partial charge in [0.2, 0.25) is 5.91 Å². The van der Waals surface area contributed by atoms with Crippen LogP contribution in [0, 0.1) is 13.8 Å². The number of halogens is 3. The number of nitrogens with one attached hydrogen (secondary N) is 1. The topological polar surface area (TPSA) is 95.5 Å². The van der Waals surface area contributed by atoms with Gasteiger partial charge in [-0.05, 0) is 62.9 Å². The molecule has 4 aromatic rings. The van der Waals surface area contributed by atoms with Crippen molar-refractivity contribution in [3.05, 3.63) is 51.8 Å². The Morgan fingerprint density at radius 3 is 2.44 bits per heavy atom. The van der Waals surface area contributed by atoms with Crippen LogP contribution in [0.4, 0.5) is 19.0 Å². The lowest BCUT2D eigenvalue weighted by Crippen LogP contribution is -2.52. The number of thiophene rings is 1. The first-order valence-electron chi connectivity index (χ1n) is 17.0. The number of piperidine rings is 1. The quantitative estimate of drug-likeness (QED) is 0.216. The van der Waals surface area contributed by atoms with Crippen molar-refractivity contribution >= 4 is 44.2 Å². The highest BCUT2D eigenvalue weighted by Crippen LogP contribution is 2.34. The molecule has 0 spiro atoms. The lowest BCUT2D eigenvalue weighted by atomic mass is 10.0. The van der Waals surface area contributed by atoms with Crippen molar-refractivity contribution < 1.29 is 18.0 Å². The van der Waals surface area contributed by atoms with Gasteiger partial charge in [-0.15, -0.1) is 11.3 Å². The molecule has 2 aliphatic rings. The molecule has 0 aliphatic carbocycles. The molecule has 9 nitrogen and oxygen atoms in total. The van der Waals surface area contributed by atoms with Gasteiger partial charge in [0.05, 0.1) is 18.4 Å². The second-order valence-corrected chi connectivity index (χ2v) is 14.7.